The molecule has 12 nitrogen and oxygen atoms in total. The predicted molar refractivity (Wildman–Crippen MR) is 104 cm³/mol. The van der Waals surface area contributed by atoms with Crippen LogP contribution < -0.4 is 10.2 Å². The number of aromatic nitrogens is 3. The zero-order valence-electron chi connectivity index (χ0n) is 15.9. The van der Waals surface area contributed by atoms with Crippen LogP contribution in [0.2, 0.25) is 0 Å². The van der Waals surface area contributed by atoms with Gasteiger partial charge in [0, 0.05) is 19.1 Å². The molecule has 3 heterocycles. The number of benzene rings is 1. The smallest absolute Gasteiger partial charge is 0.261 e. The van der Waals surface area contributed by atoms with Crippen LogP contribution >= 0.6 is 0 Å². The maximum atomic E-state index is 12.8. The maximum Gasteiger partial charge on any atom is 0.261 e. The molecule has 2 fully saturated rings. The van der Waals surface area contributed by atoms with E-state index in [1.54, 1.807) is 0 Å². The lowest BCUT2D eigenvalue weighted by atomic mass is 10.2. The van der Waals surface area contributed by atoms with E-state index in [2.05, 4.69) is 15.6 Å². The lowest BCUT2D eigenvalue weighted by Gasteiger charge is -2.26. The van der Waals surface area contributed by atoms with Gasteiger partial charge in [-0.25, -0.2) is 16.8 Å². The molecule has 2 aliphatic heterocycles. The highest BCUT2D eigenvalue weighted by Crippen LogP contribution is 2.21. The number of carbonyl (C=O) groups is 1. The second-order valence-corrected chi connectivity index (χ2v) is 11.2. The molecule has 14 heteroatoms. The lowest BCUT2D eigenvalue weighted by Crippen LogP contribution is -2.40. The number of morpholine rings is 1. The Morgan fingerprint density at radius 2 is 2.07 bits per heavy atom. The van der Waals surface area contributed by atoms with Crippen LogP contribution in [0.1, 0.15) is 6.42 Å². The second kappa shape index (κ2) is 8.09. The Bertz CT molecular complexity index is 1160. The highest BCUT2D eigenvalue weighted by molar-refractivity contribution is 7.91. The summed E-state index contributed by atoms with van der Waals surface area (Å²) in [4.78, 5) is 18.5. The summed E-state index contributed by atoms with van der Waals surface area (Å²) in [5.41, 5.74) is 0.693. The summed E-state index contributed by atoms with van der Waals surface area (Å²) in [5, 5.41) is 10.3. The average molecular weight is 460 g/mol. The van der Waals surface area contributed by atoms with Crippen LogP contribution in [0.4, 0.5) is 0 Å². The molecule has 2 aromatic rings. The largest absolute Gasteiger partial charge is 0.385 e. The minimum atomic E-state index is -3.71. The lowest BCUT2D eigenvalue weighted by molar-refractivity contribution is -0.126. The van der Waals surface area contributed by atoms with E-state index in [4.69, 9.17) is 9.57 Å². The van der Waals surface area contributed by atoms with Gasteiger partial charge in [0.1, 0.15) is 11.0 Å². The van der Waals surface area contributed by atoms with Gasteiger partial charge in [-0.2, -0.15) is 4.31 Å². The van der Waals surface area contributed by atoms with Crippen molar-refractivity contribution in [3.05, 3.63) is 18.2 Å². The molecular formula is C16H21N5O7S2. The van der Waals surface area contributed by atoms with Gasteiger partial charge in [0.2, 0.25) is 10.0 Å². The molecule has 164 valence electrons. The molecule has 30 heavy (non-hydrogen) atoms. The van der Waals surface area contributed by atoms with Crippen LogP contribution in [-0.2, 0) is 29.4 Å². The molecule has 0 aliphatic carbocycles. The van der Waals surface area contributed by atoms with Crippen LogP contribution in [0.25, 0.3) is 11.0 Å². The molecule has 0 saturated carbocycles. The van der Waals surface area contributed by atoms with E-state index < -0.39 is 38.4 Å². The molecule has 1 aromatic heterocycles. The molecule has 0 radical (unpaired) electrons. The Hall–Kier alpha value is -2.29. The summed E-state index contributed by atoms with van der Waals surface area (Å²) in [5.74, 6) is -0.543. The van der Waals surface area contributed by atoms with Crippen molar-refractivity contribution in [3.8, 4) is 0 Å². The topological polar surface area (TPSA) is 150 Å². The first kappa shape index (κ1) is 21.0. The number of carbonyl (C=O) groups excluding carboxylic acids is 1. The van der Waals surface area contributed by atoms with E-state index in [0.717, 1.165) is 4.85 Å². The second-order valence-electron chi connectivity index (χ2n) is 7.07. The van der Waals surface area contributed by atoms with Crippen molar-refractivity contribution in [2.75, 3.05) is 44.4 Å². The van der Waals surface area contributed by atoms with E-state index in [1.807, 2.05) is 0 Å². The SMILES string of the molecule is O=C(COn1nnc2ccc(S(=O)(=O)N3CCOCC3)cc21)N[C@H]1CCS(=O)(=O)C1. The number of amides is 1. The van der Waals surface area contributed by atoms with Gasteiger partial charge in [-0.1, -0.05) is 4.85 Å². The monoisotopic (exact) mass is 459 g/mol. The minimum Gasteiger partial charge on any atom is -0.385 e. The van der Waals surface area contributed by atoms with Crippen LogP contribution in [0.5, 0.6) is 0 Å². The normalized spacial score (nSPS) is 22.2. The average Bonchev–Trinajstić information content (AvgIpc) is 3.28. The number of nitrogens with zero attached hydrogens (tertiary/aromatic N) is 4. The van der Waals surface area contributed by atoms with Gasteiger partial charge >= 0.3 is 0 Å². The molecule has 1 aromatic carbocycles. The molecule has 1 atom stereocenters. The summed E-state index contributed by atoms with van der Waals surface area (Å²) in [6, 6.07) is 3.91. The summed E-state index contributed by atoms with van der Waals surface area (Å²) in [6.07, 6.45) is 0.364. The third kappa shape index (κ3) is 4.40. The highest BCUT2D eigenvalue weighted by atomic mass is 32.2. The van der Waals surface area contributed by atoms with Gasteiger partial charge in [0.25, 0.3) is 5.91 Å². The van der Waals surface area contributed by atoms with Crippen molar-refractivity contribution >= 4 is 36.8 Å². The molecule has 1 amide bonds. The molecule has 0 spiro atoms. The number of sulfonamides is 1. The first-order valence-corrected chi connectivity index (χ1v) is 12.6. The van der Waals surface area contributed by atoms with E-state index in [1.165, 1.54) is 22.5 Å². The fourth-order valence-electron chi connectivity index (χ4n) is 3.37. The van der Waals surface area contributed by atoms with Crippen LogP contribution in [0, 0.1) is 0 Å². The first-order chi connectivity index (χ1) is 14.2. The Morgan fingerprint density at radius 3 is 2.77 bits per heavy atom. The molecule has 0 unspecified atom stereocenters. The zero-order chi connectivity index (χ0) is 21.4. The van der Waals surface area contributed by atoms with Crippen LogP contribution in [0.15, 0.2) is 23.1 Å². The Labute approximate surface area is 173 Å². The third-order valence-electron chi connectivity index (χ3n) is 4.91. The maximum absolute atomic E-state index is 12.8. The number of fused-ring (bicyclic) bond motifs is 1. The van der Waals surface area contributed by atoms with E-state index in [0.29, 0.717) is 30.7 Å². The third-order valence-corrected chi connectivity index (χ3v) is 8.57. The van der Waals surface area contributed by atoms with Crippen molar-refractivity contribution in [3.63, 3.8) is 0 Å². The molecule has 2 aliphatic rings. The standard InChI is InChI=1S/C16H21N5O7S2/c22-16(17-12-3-8-29(23,24)11-12)10-28-21-15-9-13(1-2-14(15)18-19-21)30(25,26)20-4-6-27-7-5-20/h1-2,9,12H,3-8,10-11H2,(H,17,22)/t12-/m0/s1. The molecule has 2 saturated heterocycles. The van der Waals surface area contributed by atoms with Crippen LogP contribution in [-0.4, -0.2) is 92.7 Å². The quantitative estimate of drug-likeness (QED) is 0.527. The molecule has 0 bridgehead atoms. The van der Waals surface area contributed by atoms with Crippen molar-refractivity contribution in [2.45, 2.75) is 17.4 Å². The number of hydrogen-bond acceptors (Lipinski definition) is 9. The number of ether oxygens (including phenoxy) is 1. The summed E-state index contributed by atoms with van der Waals surface area (Å²) >= 11 is 0. The van der Waals surface area contributed by atoms with Crippen molar-refractivity contribution in [1.29, 1.82) is 0 Å². The number of sulfone groups is 1. The fourth-order valence-corrected chi connectivity index (χ4v) is 6.47. The molecule has 1 N–H and O–H groups in total. The Balaban J connectivity index is 1.46. The Morgan fingerprint density at radius 1 is 1.30 bits per heavy atom. The van der Waals surface area contributed by atoms with E-state index in [9.17, 15) is 21.6 Å². The van der Waals surface area contributed by atoms with Crippen molar-refractivity contribution in [2.24, 2.45) is 0 Å². The Kier molecular flexibility index (Phi) is 5.65. The van der Waals surface area contributed by atoms with Gasteiger partial charge in [-0.3, -0.25) is 4.79 Å². The summed E-state index contributed by atoms with van der Waals surface area (Å²) < 4.78 is 55.2. The van der Waals surface area contributed by atoms with Crippen molar-refractivity contribution in [1.82, 2.24) is 24.8 Å². The molecule has 4 rings (SSSR count). The van der Waals surface area contributed by atoms with E-state index in [-0.39, 0.29) is 29.5 Å². The molecular weight excluding hydrogens is 438 g/mol. The predicted octanol–water partition coefficient (Wildman–Crippen LogP) is -1.82. The van der Waals surface area contributed by atoms with Crippen LogP contribution in [0.3, 0.4) is 0 Å². The van der Waals surface area contributed by atoms with Gasteiger partial charge in [-0.15, -0.1) is 5.10 Å². The zero-order valence-corrected chi connectivity index (χ0v) is 17.6. The summed E-state index contributed by atoms with van der Waals surface area (Å²) in [7, 11) is -6.82. The van der Waals surface area contributed by atoms with Gasteiger partial charge < -0.3 is 14.9 Å². The highest BCUT2D eigenvalue weighted by Gasteiger charge is 2.29. The van der Waals surface area contributed by atoms with Gasteiger partial charge in [-0.05, 0) is 29.8 Å². The van der Waals surface area contributed by atoms with E-state index >= 15 is 0 Å². The number of rotatable bonds is 6. The van der Waals surface area contributed by atoms with Gasteiger partial charge in [0.15, 0.2) is 16.4 Å². The first-order valence-electron chi connectivity index (χ1n) is 9.31. The summed E-state index contributed by atoms with van der Waals surface area (Å²) in [6.45, 7) is 0.787. The minimum absolute atomic E-state index is 0.0485. The number of nitrogens with one attached hydrogen (secondary N) is 1. The van der Waals surface area contributed by atoms with Gasteiger partial charge in [0.05, 0.1) is 29.6 Å². The fraction of sp³-hybridized carbons (Fsp3) is 0.562. The number of hydrogen-bond donors (Lipinski definition) is 1. The van der Waals surface area contributed by atoms with Crippen molar-refractivity contribution < 1.29 is 31.2 Å².